The van der Waals surface area contributed by atoms with E-state index in [2.05, 4.69) is 46.3 Å². The molecule has 0 aliphatic carbocycles. The molecule has 5 nitrogen and oxygen atoms in total. The van der Waals surface area contributed by atoms with Gasteiger partial charge in [-0.2, -0.15) is 5.10 Å². The fourth-order valence-corrected chi connectivity index (χ4v) is 2.97. The van der Waals surface area contributed by atoms with Crippen LogP contribution in [0.5, 0.6) is 0 Å². The van der Waals surface area contributed by atoms with Crippen molar-refractivity contribution in [3.05, 3.63) is 15.0 Å². The Bertz CT molecular complexity index is 442. The van der Waals surface area contributed by atoms with Gasteiger partial charge in [-0.1, -0.05) is 0 Å². The lowest BCUT2D eigenvalue weighted by atomic mass is 10.1. The molecule has 1 aromatic rings. The van der Waals surface area contributed by atoms with Crippen molar-refractivity contribution in [2.75, 3.05) is 7.11 Å². The summed E-state index contributed by atoms with van der Waals surface area (Å²) in [6.45, 7) is 4.60. The Kier molecular flexibility index (Phi) is 3.72. The predicted molar refractivity (Wildman–Crippen MR) is 69.6 cm³/mol. The number of hydrogen-bond donors (Lipinski definition) is 0. The highest BCUT2D eigenvalue weighted by Crippen LogP contribution is 2.27. The molecule has 0 saturated carbocycles. The fraction of sp³-hybridized carbons (Fsp3) is 0.636. The minimum absolute atomic E-state index is 0.309. The number of nitrogens with zero attached hydrogens (tertiary/aromatic N) is 2. The van der Waals surface area contributed by atoms with Crippen molar-refractivity contribution in [2.24, 2.45) is 0 Å². The summed E-state index contributed by atoms with van der Waals surface area (Å²) in [6, 6.07) is 0.309. The molecule has 0 bridgehead atoms. The van der Waals surface area contributed by atoms with Gasteiger partial charge in [-0.3, -0.25) is 4.68 Å². The number of ether oxygens (including phenoxy) is 2. The van der Waals surface area contributed by atoms with Crippen LogP contribution < -0.4 is 0 Å². The molecule has 17 heavy (non-hydrogen) atoms. The lowest BCUT2D eigenvalue weighted by Gasteiger charge is -2.19. The highest BCUT2D eigenvalue weighted by Gasteiger charge is 2.30. The molecule has 0 radical (unpaired) electrons. The van der Waals surface area contributed by atoms with Crippen LogP contribution in [0.4, 0.5) is 0 Å². The second kappa shape index (κ2) is 4.93. The van der Waals surface area contributed by atoms with Gasteiger partial charge in [0.25, 0.3) is 0 Å². The molecule has 1 aliphatic heterocycles. The third-order valence-electron chi connectivity index (χ3n) is 2.79. The third kappa shape index (κ3) is 2.33. The Hall–Kier alpha value is -0.630. The van der Waals surface area contributed by atoms with E-state index in [0.717, 1.165) is 15.0 Å². The van der Waals surface area contributed by atoms with E-state index in [-0.39, 0.29) is 5.97 Å². The van der Waals surface area contributed by atoms with Crippen LogP contribution in [-0.4, -0.2) is 29.0 Å². The molecule has 0 amide bonds. The molecule has 1 aromatic heterocycles. The topological polar surface area (TPSA) is 53.3 Å². The normalized spacial score (nSPS) is 19.2. The zero-order valence-corrected chi connectivity index (χ0v) is 12.2. The fourth-order valence-electron chi connectivity index (χ4n) is 1.84. The zero-order chi connectivity index (χ0) is 12.6. The minimum Gasteiger partial charge on any atom is -0.467 e. The molecular formula is C11H15IN2O3. The molecule has 0 saturated heterocycles. The van der Waals surface area contributed by atoms with E-state index in [1.807, 2.05) is 4.68 Å². The molecule has 1 atom stereocenters. The van der Waals surface area contributed by atoms with Crippen molar-refractivity contribution in [2.45, 2.75) is 39.0 Å². The van der Waals surface area contributed by atoms with Crippen molar-refractivity contribution in [1.82, 2.24) is 9.78 Å². The third-order valence-corrected chi connectivity index (χ3v) is 3.93. The zero-order valence-electron chi connectivity index (χ0n) is 10.1. The number of fused-ring (bicyclic) bond motifs is 1. The van der Waals surface area contributed by atoms with Crippen molar-refractivity contribution in [3.8, 4) is 0 Å². The average molecular weight is 350 g/mol. The number of rotatable bonds is 2. The van der Waals surface area contributed by atoms with Crippen molar-refractivity contribution in [1.29, 1.82) is 0 Å². The number of hydrogen-bond acceptors (Lipinski definition) is 4. The van der Waals surface area contributed by atoms with E-state index < -0.39 is 6.10 Å². The Balaban J connectivity index is 2.27. The maximum absolute atomic E-state index is 11.4. The summed E-state index contributed by atoms with van der Waals surface area (Å²) in [4.78, 5) is 11.4. The van der Waals surface area contributed by atoms with Crippen LogP contribution in [0.25, 0.3) is 0 Å². The van der Waals surface area contributed by atoms with Crippen LogP contribution in [0, 0.1) is 3.70 Å². The molecule has 0 aromatic carbocycles. The van der Waals surface area contributed by atoms with Crippen LogP contribution in [0.15, 0.2) is 0 Å². The van der Waals surface area contributed by atoms with Gasteiger partial charge in [0.15, 0.2) is 6.10 Å². The van der Waals surface area contributed by atoms with E-state index >= 15 is 0 Å². The van der Waals surface area contributed by atoms with Gasteiger partial charge in [0.2, 0.25) is 0 Å². The van der Waals surface area contributed by atoms with Gasteiger partial charge in [0.05, 0.1) is 19.4 Å². The number of carbonyl (C=O) groups is 1. The quantitative estimate of drug-likeness (QED) is 0.602. The van der Waals surface area contributed by atoms with Crippen LogP contribution >= 0.6 is 22.6 Å². The molecule has 0 fully saturated rings. The number of methoxy groups -OCH3 is 1. The smallest absolute Gasteiger partial charge is 0.335 e. The number of carbonyl (C=O) groups excluding carboxylic acids is 1. The Labute approximate surface area is 114 Å². The van der Waals surface area contributed by atoms with Crippen molar-refractivity contribution < 1.29 is 14.3 Å². The van der Waals surface area contributed by atoms with Gasteiger partial charge < -0.3 is 9.47 Å². The molecule has 2 rings (SSSR count). The van der Waals surface area contributed by atoms with Crippen LogP contribution in [0.1, 0.15) is 31.1 Å². The number of aromatic nitrogens is 2. The maximum atomic E-state index is 11.4. The largest absolute Gasteiger partial charge is 0.467 e. The molecule has 1 unspecified atom stereocenters. The molecule has 2 heterocycles. The second-order valence-corrected chi connectivity index (χ2v) is 5.30. The molecule has 0 spiro atoms. The van der Waals surface area contributed by atoms with E-state index in [9.17, 15) is 4.79 Å². The van der Waals surface area contributed by atoms with E-state index in [1.54, 1.807) is 0 Å². The van der Waals surface area contributed by atoms with E-state index in [1.165, 1.54) is 7.11 Å². The van der Waals surface area contributed by atoms with Crippen LogP contribution in [0.3, 0.4) is 0 Å². The Morgan fingerprint density at radius 2 is 2.35 bits per heavy atom. The van der Waals surface area contributed by atoms with E-state index in [0.29, 0.717) is 19.1 Å². The van der Waals surface area contributed by atoms with Gasteiger partial charge in [0, 0.05) is 18.0 Å². The lowest BCUT2D eigenvalue weighted by Crippen LogP contribution is -2.31. The average Bonchev–Trinajstić information content (AvgIpc) is 2.65. The highest BCUT2D eigenvalue weighted by atomic mass is 127. The molecule has 0 N–H and O–H groups in total. The summed E-state index contributed by atoms with van der Waals surface area (Å²) in [5.41, 5.74) is 2.05. The Morgan fingerprint density at radius 1 is 1.65 bits per heavy atom. The Morgan fingerprint density at radius 3 is 2.94 bits per heavy atom. The van der Waals surface area contributed by atoms with Crippen LogP contribution in [-0.2, 0) is 27.3 Å². The van der Waals surface area contributed by atoms with Crippen LogP contribution in [0.2, 0.25) is 0 Å². The van der Waals surface area contributed by atoms with Gasteiger partial charge in [-0.15, -0.1) is 0 Å². The maximum Gasteiger partial charge on any atom is 0.335 e. The minimum atomic E-state index is -0.515. The summed E-state index contributed by atoms with van der Waals surface area (Å²) in [5, 5.41) is 4.54. The van der Waals surface area contributed by atoms with Crippen molar-refractivity contribution >= 4 is 28.6 Å². The highest BCUT2D eigenvalue weighted by molar-refractivity contribution is 14.1. The monoisotopic (exact) mass is 350 g/mol. The van der Waals surface area contributed by atoms with Gasteiger partial charge in [-0.25, -0.2) is 4.79 Å². The second-order valence-electron chi connectivity index (χ2n) is 4.28. The number of halogens is 1. The number of esters is 1. The predicted octanol–water partition coefficient (Wildman–Crippen LogP) is 1.68. The molecule has 1 aliphatic rings. The first-order chi connectivity index (χ1) is 8.04. The van der Waals surface area contributed by atoms with Gasteiger partial charge in [-0.05, 0) is 36.4 Å². The summed E-state index contributed by atoms with van der Waals surface area (Å²) >= 11 is 2.27. The first kappa shape index (κ1) is 12.8. The molecule has 94 valence electrons. The lowest BCUT2D eigenvalue weighted by molar-refractivity contribution is -0.155. The van der Waals surface area contributed by atoms with Gasteiger partial charge in [0.1, 0.15) is 3.70 Å². The first-order valence-electron chi connectivity index (χ1n) is 5.49. The van der Waals surface area contributed by atoms with Gasteiger partial charge >= 0.3 is 5.97 Å². The standard InChI is InChI=1S/C11H15IN2O3/c1-6(2)14-10(12)7-5-17-9(11(15)16-3)4-8(7)13-14/h6,9H,4-5H2,1-3H3. The first-order valence-corrected chi connectivity index (χ1v) is 6.57. The molecule has 6 heteroatoms. The SMILES string of the molecule is COC(=O)C1Cc2nn(C(C)C)c(I)c2CO1. The summed E-state index contributed by atoms with van der Waals surface area (Å²) in [5.74, 6) is -0.329. The summed E-state index contributed by atoms with van der Waals surface area (Å²) in [7, 11) is 1.37. The van der Waals surface area contributed by atoms with E-state index in [4.69, 9.17) is 4.74 Å². The molecular weight excluding hydrogens is 335 g/mol. The van der Waals surface area contributed by atoms with Crippen molar-refractivity contribution in [3.63, 3.8) is 0 Å². The summed E-state index contributed by atoms with van der Waals surface area (Å²) in [6.07, 6.45) is -0.0172. The summed E-state index contributed by atoms with van der Waals surface area (Å²) < 4.78 is 13.2.